The summed E-state index contributed by atoms with van der Waals surface area (Å²) in [4.78, 5) is 11.1. The molecule has 108 valence electrons. The third-order valence-electron chi connectivity index (χ3n) is 3.47. The number of nitrogens with two attached hydrogens (primary N) is 1. The first-order valence-electron chi connectivity index (χ1n) is 6.32. The molecule has 1 aromatic heterocycles. The number of anilines is 1. The summed E-state index contributed by atoms with van der Waals surface area (Å²) in [6.07, 6.45) is 0. The lowest BCUT2D eigenvalue weighted by molar-refractivity contribution is 0.0996. The van der Waals surface area contributed by atoms with Crippen molar-refractivity contribution in [1.29, 1.82) is 5.26 Å². The molecule has 21 heavy (non-hydrogen) atoms. The van der Waals surface area contributed by atoms with Gasteiger partial charge in [0.1, 0.15) is 17.6 Å². The smallest absolute Gasteiger partial charge is 0.251 e. The highest BCUT2D eigenvalue weighted by Gasteiger charge is 2.11. The van der Waals surface area contributed by atoms with Crippen LogP contribution in [-0.2, 0) is 13.6 Å². The summed E-state index contributed by atoms with van der Waals surface area (Å²) in [6.45, 7) is 2.38. The van der Waals surface area contributed by atoms with E-state index >= 15 is 0 Å². The van der Waals surface area contributed by atoms with Crippen molar-refractivity contribution >= 4 is 11.6 Å². The van der Waals surface area contributed by atoms with E-state index in [9.17, 15) is 9.18 Å². The van der Waals surface area contributed by atoms with Crippen LogP contribution in [-0.4, -0.2) is 10.5 Å². The molecule has 5 nitrogen and oxygen atoms in total. The summed E-state index contributed by atoms with van der Waals surface area (Å²) in [5, 5.41) is 12.1. The Morgan fingerprint density at radius 3 is 2.76 bits per heavy atom. The van der Waals surface area contributed by atoms with Crippen LogP contribution in [0.1, 0.15) is 27.3 Å². The van der Waals surface area contributed by atoms with Gasteiger partial charge in [0.25, 0.3) is 5.91 Å². The molecule has 0 bridgehead atoms. The first-order chi connectivity index (χ1) is 9.93. The predicted molar refractivity (Wildman–Crippen MR) is 77.1 cm³/mol. The Bertz CT molecular complexity index is 743. The fourth-order valence-corrected chi connectivity index (χ4v) is 2.07. The van der Waals surface area contributed by atoms with Gasteiger partial charge in [0.05, 0.1) is 5.56 Å². The molecule has 0 spiro atoms. The maximum atomic E-state index is 13.4. The lowest BCUT2D eigenvalue weighted by atomic mass is 10.1. The number of nitriles is 1. The molecule has 0 aliphatic heterocycles. The SMILES string of the molecule is Cc1c(CNc2ccc(F)c(C(N)=O)c2)cc(C#N)n1C. The van der Waals surface area contributed by atoms with Gasteiger partial charge in [0.15, 0.2) is 0 Å². The van der Waals surface area contributed by atoms with Crippen molar-refractivity contribution in [3.05, 3.63) is 52.6 Å². The van der Waals surface area contributed by atoms with Crippen molar-refractivity contribution < 1.29 is 9.18 Å². The zero-order valence-corrected chi connectivity index (χ0v) is 11.8. The first-order valence-corrected chi connectivity index (χ1v) is 6.32. The number of nitrogens with one attached hydrogen (secondary N) is 1. The van der Waals surface area contributed by atoms with Crippen LogP contribution in [0.3, 0.4) is 0 Å². The van der Waals surface area contributed by atoms with Gasteiger partial charge in [-0.15, -0.1) is 0 Å². The molecule has 0 radical (unpaired) electrons. The second kappa shape index (κ2) is 5.67. The average Bonchev–Trinajstić information content (AvgIpc) is 2.73. The van der Waals surface area contributed by atoms with Gasteiger partial charge < -0.3 is 15.6 Å². The standard InChI is InChI=1S/C15H15FN4O/c1-9-10(5-12(7-17)20(9)2)8-19-11-3-4-14(16)13(6-11)15(18)21/h3-6,19H,8H2,1-2H3,(H2,18,21). The summed E-state index contributed by atoms with van der Waals surface area (Å²) >= 11 is 0. The monoisotopic (exact) mass is 286 g/mol. The number of halogens is 1. The van der Waals surface area contributed by atoms with Crippen LogP contribution >= 0.6 is 0 Å². The molecule has 0 saturated heterocycles. The summed E-state index contributed by atoms with van der Waals surface area (Å²) in [5.74, 6) is -1.45. The number of carbonyl (C=O) groups is 1. The number of hydrogen-bond donors (Lipinski definition) is 2. The Morgan fingerprint density at radius 1 is 1.48 bits per heavy atom. The van der Waals surface area contributed by atoms with Crippen LogP contribution in [0.25, 0.3) is 0 Å². The molecule has 2 rings (SSSR count). The van der Waals surface area contributed by atoms with E-state index in [1.807, 2.05) is 14.0 Å². The van der Waals surface area contributed by atoms with Gasteiger partial charge in [-0.05, 0) is 36.8 Å². The maximum absolute atomic E-state index is 13.4. The van der Waals surface area contributed by atoms with Crippen molar-refractivity contribution in [2.75, 3.05) is 5.32 Å². The number of primary amides is 1. The van der Waals surface area contributed by atoms with Gasteiger partial charge in [0.2, 0.25) is 0 Å². The van der Waals surface area contributed by atoms with Gasteiger partial charge in [-0.3, -0.25) is 4.79 Å². The molecule has 0 aliphatic rings. The van der Waals surface area contributed by atoms with E-state index in [-0.39, 0.29) is 5.56 Å². The molecule has 0 atom stereocenters. The van der Waals surface area contributed by atoms with E-state index in [1.54, 1.807) is 10.6 Å². The molecule has 0 fully saturated rings. The molecule has 0 aliphatic carbocycles. The highest BCUT2D eigenvalue weighted by Crippen LogP contribution is 2.18. The van der Waals surface area contributed by atoms with Crippen LogP contribution in [0.15, 0.2) is 24.3 Å². The average molecular weight is 286 g/mol. The summed E-state index contributed by atoms with van der Waals surface area (Å²) in [6, 6.07) is 8.01. The molecule has 1 heterocycles. The normalized spacial score (nSPS) is 10.2. The van der Waals surface area contributed by atoms with E-state index in [1.165, 1.54) is 18.2 Å². The molecule has 1 aromatic carbocycles. The topological polar surface area (TPSA) is 83.8 Å². The van der Waals surface area contributed by atoms with Crippen molar-refractivity contribution in [2.45, 2.75) is 13.5 Å². The second-order valence-corrected chi connectivity index (χ2v) is 4.72. The minimum Gasteiger partial charge on any atom is -0.381 e. The number of aromatic nitrogens is 1. The van der Waals surface area contributed by atoms with E-state index in [0.717, 1.165) is 11.3 Å². The van der Waals surface area contributed by atoms with Crippen LogP contribution < -0.4 is 11.1 Å². The van der Waals surface area contributed by atoms with Gasteiger partial charge in [0, 0.05) is 25.0 Å². The molecule has 0 unspecified atom stereocenters. The predicted octanol–water partition coefficient (Wildman–Crippen LogP) is 2.06. The van der Waals surface area contributed by atoms with Crippen LogP contribution in [0, 0.1) is 24.1 Å². The fourth-order valence-electron chi connectivity index (χ4n) is 2.07. The Kier molecular flexibility index (Phi) is 3.94. The van der Waals surface area contributed by atoms with Crippen molar-refractivity contribution in [1.82, 2.24) is 4.57 Å². The summed E-state index contributed by atoms with van der Waals surface area (Å²) in [5.41, 5.74) is 8.05. The second-order valence-electron chi connectivity index (χ2n) is 4.72. The largest absolute Gasteiger partial charge is 0.381 e. The zero-order valence-electron chi connectivity index (χ0n) is 11.8. The number of amides is 1. The molecular weight excluding hydrogens is 271 g/mol. The Balaban J connectivity index is 2.19. The van der Waals surface area contributed by atoms with Crippen LogP contribution in [0.4, 0.5) is 10.1 Å². The molecule has 6 heteroatoms. The molecule has 1 amide bonds. The van der Waals surface area contributed by atoms with Gasteiger partial charge >= 0.3 is 0 Å². The number of carbonyl (C=O) groups excluding carboxylic acids is 1. The molecule has 0 saturated carbocycles. The lowest BCUT2D eigenvalue weighted by Crippen LogP contribution is -2.13. The van der Waals surface area contributed by atoms with Crippen molar-refractivity contribution in [3.8, 4) is 6.07 Å². The number of hydrogen-bond acceptors (Lipinski definition) is 3. The highest BCUT2D eigenvalue weighted by atomic mass is 19.1. The van der Waals surface area contributed by atoms with Gasteiger partial charge in [-0.1, -0.05) is 0 Å². The maximum Gasteiger partial charge on any atom is 0.251 e. The number of nitrogens with zero attached hydrogens (tertiary/aromatic N) is 2. The number of benzene rings is 1. The third-order valence-corrected chi connectivity index (χ3v) is 3.47. The van der Waals surface area contributed by atoms with Crippen LogP contribution in [0.2, 0.25) is 0 Å². The Morgan fingerprint density at radius 2 is 2.19 bits per heavy atom. The molecule has 3 N–H and O–H groups in total. The van der Waals surface area contributed by atoms with Crippen molar-refractivity contribution in [3.63, 3.8) is 0 Å². The fraction of sp³-hybridized carbons (Fsp3) is 0.200. The molecular formula is C15H15FN4O. The van der Waals surface area contributed by atoms with Gasteiger partial charge in [-0.2, -0.15) is 5.26 Å². The van der Waals surface area contributed by atoms with Crippen molar-refractivity contribution in [2.24, 2.45) is 12.8 Å². The highest BCUT2D eigenvalue weighted by molar-refractivity contribution is 5.94. The van der Waals surface area contributed by atoms with E-state index < -0.39 is 11.7 Å². The van der Waals surface area contributed by atoms with Gasteiger partial charge in [-0.25, -0.2) is 4.39 Å². The number of rotatable bonds is 4. The third kappa shape index (κ3) is 2.87. The summed E-state index contributed by atoms with van der Waals surface area (Å²) < 4.78 is 15.2. The zero-order chi connectivity index (χ0) is 15.6. The minimum atomic E-state index is -0.807. The van der Waals surface area contributed by atoms with E-state index in [2.05, 4.69) is 11.4 Å². The lowest BCUT2D eigenvalue weighted by Gasteiger charge is -2.08. The Labute approximate surface area is 121 Å². The van der Waals surface area contributed by atoms with E-state index in [4.69, 9.17) is 11.0 Å². The Hall–Kier alpha value is -2.81. The quantitative estimate of drug-likeness (QED) is 0.902. The minimum absolute atomic E-state index is 0.150. The summed E-state index contributed by atoms with van der Waals surface area (Å²) in [7, 11) is 1.82. The van der Waals surface area contributed by atoms with Crippen LogP contribution in [0.5, 0.6) is 0 Å². The first kappa shape index (κ1) is 14.6. The van der Waals surface area contributed by atoms with E-state index in [0.29, 0.717) is 17.9 Å². The molecule has 2 aromatic rings.